The van der Waals surface area contributed by atoms with E-state index >= 15 is 0 Å². The fourth-order valence-corrected chi connectivity index (χ4v) is 7.73. The molecule has 0 spiro atoms. The monoisotopic (exact) mass is 438 g/mol. The van der Waals surface area contributed by atoms with Gasteiger partial charge in [-0.15, -0.1) is 0 Å². The Labute approximate surface area is 190 Å². The number of nitrogens with zero attached hydrogens (tertiary/aromatic N) is 2. The Morgan fingerprint density at radius 3 is 2.09 bits per heavy atom. The number of methoxy groups -OCH3 is 1. The van der Waals surface area contributed by atoms with Gasteiger partial charge >= 0.3 is 0 Å². The molecule has 6 heteroatoms. The van der Waals surface area contributed by atoms with Gasteiger partial charge in [0.1, 0.15) is 5.75 Å². The third-order valence-corrected chi connectivity index (χ3v) is 8.80. The minimum Gasteiger partial charge on any atom is -0.497 e. The van der Waals surface area contributed by atoms with Crippen LogP contribution in [0.1, 0.15) is 56.9 Å². The van der Waals surface area contributed by atoms with E-state index < -0.39 is 5.41 Å². The zero-order chi connectivity index (χ0) is 22.7. The quantitative estimate of drug-likeness (QED) is 0.639. The minimum atomic E-state index is -1.13. The van der Waals surface area contributed by atoms with Gasteiger partial charge in [0.2, 0.25) is 17.7 Å². The number of carbonyl (C=O) groups excluding carboxylic acids is 3. The highest BCUT2D eigenvalue weighted by molar-refractivity contribution is 6.10. The molecule has 5 fully saturated rings. The largest absolute Gasteiger partial charge is 0.497 e. The first-order valence-electron chi connectivity index (χ1n) is 11.9. The predicted molar refractivity (Wildman–Crippen MR) is 120 cm³/mol. The molecule has 172 valence electrons. The summed E-state index contributed by atoms with van der Waals surface area (Å²) in [6.07, 6.45) is 7.89. The van der Waals surface area contributed by atoms with Gasteiger partial charge in [0.05, 0.1) is 12.5 Å². The molecule has 4 bridgehead atoms. The van der Waals surface area contributed by atoms with Gasteiger partial charge in [-0.2, -0.15) is 0 Å². The van der Waals surface area contributed by atoms with Crippen molar-refractivity contribution in [1.82, 2.24) is 9.80 Å². The summed E-state index contributed by atoms with van der Waals surface area (Å²) in [5, 5.41) is 0. The van der Waals surface area contributed by atoms with Crippen LogP contribution in [0, 0.1) is 23.2 Å². The summed E-state index contributed by atoms with van der Waals surface area (Å²) in [6.45, 7) is 0.770. The van der Waals surface area contributed by atoms with E-state index in [9.17, 15) is 14.4 Å². The van der Waals surface area contributed by atoms with Crippen LogP contribution >= 0.6 is 0 Å². The smallest absolute Gasteiger partial charge is 0.240 e. The van der Waals surface area contributed by atoms with Gasteiger partial charge in [-0.1, -0.05) is 12.1 Å². The van der Waals surface area contributed by atoms with Crippen molar-refractivity contribution in [2.24, 2.45) is 23.2 Å². The Hall–Kier alpha value is -2.37. The molecule has 0 N–H and O–H groups in total. The molecule has 1 aliphatic heterocycles. The Morgan fingerprint density at radius 2 is 1.62 bits per heavy atom. The van der Waals surface area contributed by atoms with Crippen molar-refractivity contribution < 1.29 is 19.1 Å². The molecule has 4 aliphatic carbocycles. The van der Waals surface area contributed by atoms with Crippen LogP contribution < -0.4 is 4.74 Å². The molecule has 0 radical (unpaired) electrons. The maximum Gasteiger partial charge on any atom is 0.240 e. The number of hydrogen-bond acceptors (Lipinski definition) is 4. The average Bonchev–Trinajstić information content (AvgIpc) is 2.96. The van der Waals surface area contributed by atoms with Crippen LogP contribution in [0.25, 0.3) is 0 Å². The molecule has 3 amide bonds. The molecular formula is C26H34N2O4. The fourth-order valence-electron chi connectivity index (χ4n) is 7.73. The van der Waals surface area contributed by atoms with Crippen molar-refractivity contribution in [3.63, 3.8) is 0 Å². The molecule has 6 rings (SSSR count). The van der Waals surface area contributed by atoms with Gasteiger partial charge < -0.3 is 9.64 Å². The third kappa shape index (κ3) is 3.43. The second kappa shape index (κ2) is 7.60. The van der Waals surface area contributed by atoms with Crippen LogP contribution in [0.3, 0.4) is 0 Å². The number of hydrogen-bond donors (Lipinski definition) is 0. The van der Waals surface area contributed by atoms with E-state index in [-0.39, 0.29) is 36.0 Å². The molecule has 1 atom stereocenters. The van der Waals surface area contributed by atoms with Crippen LogP contribution in [-0.4, -0.2) is 55.3 Å². The van der Waals surface area contributed by atoms with Crippen molar-refractivity contribution in [3.8, 4) is 5.75 Å². The Balaban J connectivity index is 1.37. The van der Waals surface area contributed by atoms with Crippen molar-refractivity contribution in [2.45, 2.75) is 56.8 Å². The first-order chi connectivity index (χ1) is 15.2. The summed E-state index contributed by atoms with van der Waals surface area (Å²) in [5.41, 5.74) is -0.179. The first-order valence-corrected chi connectivity index (χ1v) is 11.9. The number of imide groups is 1. The lowest BCUT2D eigenvalue weighted by molar-refractivity contribution is -0.142. The number of benzene rings is 1. The number of carbonyl (C=O) groups is 3. The fraction of sp³-hybridized carbons (Fsp3) is 0.654. The number of likely N-dealkylation sites (tertiary alicyclic amines) is 1. The van der Waals surface area contributed by atoms with Gasteiger partial charge in [0.25, 0.3) is 0 Å². The lowest BCUT2D eigenvalue weighted by atomic mass is 9.49. The van der Waals surface area contributed by atoms with E-state index in [2.05, 4.69) is 0 Å². The summed E-state index contributed by atoms with van der Waals surface area (Å²) < 4.78 is 5.25. The molecular weight excluding hydrogens is 404 g/mol. The van der Waals surface area contributed by atoms with Gasteiger partial charge in [-0.25, -0.2) is 0 Å². The lowest BCUT2D eigenvalue weighted by Crippen LogP contribution is -2.52. The molecule has 1 aromatic carbocycles. The highest BCUT2D eigenvalue weighted by Gasteiger charge is 2.54. The summed E-state index contributed by atoms with van der Waals surface area (Å²) in [5.74, 6) is 2.60. The van der Waals surface area contributed by atoms with Crippen molar-refractivity contribution in [3.05, 3.63) is 29.8 Å². The van der Waals surface area contributed by atoms with Gasteiger partial charge in [0, 0.05) is 33.5 Å². The number of ether oxygens (including phenoxy) is 1. The summed E-state index contributed by atoms with van der Waals surface area (Å²) in [7, 11) is 4.99. The first kappa shape index (κ1) is 21.5. The zero-order valence-electron chi connectivity index (χ0n) is 19.4. The number of likely N-dealkylation sites (N-methyl/N-ethyl adjacent to an activating group) is 1. The highest BCUT2D eigenvalue weighted by Crippen LogP contribution is 2.60. The second-order valence-electron chi connectivity index (χ2n) is 11.1. The van der Waals surface area contributed by atoms with Crippen molar-refractivity contribution in [1.29, 1.82) is 0 Å². The normalized spacial score (nSPS) is 35.5. The van der Waals surface area contributed by atoms with Crippen LogP contribution in [0.5, 0.6) is 5.75 Å². The molecule has 32 heavy (non-hydrogen) atoms. The second-order valence-corrected chi connectivity index (χ2v) is 11.1. The van der Waals surface area contributed by atoms with E-state index in [1.54, 1.807) is 19.2 Å². The topological polar surface area (TPSA) is 66.9 Å². The number of rotatable bonds is 6. The van der Waals surface area contributed by atoms with Crippen LogP contribution in [-0.2, 0) is 19.8 Å². The van der Waals surface area contributed by atoms with Gasteiger partial charge in [0.15, 0.2) is 0 Å². The number of amides is 3. The predicted octanol–water partition coefficient (Wildman–Crippen LogP) is 3.39. The summed E-state index contributed by atoms with van der Waals surface area (Å²) >= 11 is 0. The Bertz CT molecular complexity index is 904. The average molecular weight is 439 g/mol. The molecule has 1 heterocycles. The maximum absolute atomic E-state index is 13.5. The van der Waals surface area contributed by atoms with Crippen LogP contribution in [0.2, 0.25) is 0 Å². The van der Waals surface area contributed by atoms with E-state index in [0.29, 0.717) is 11.3 Å². The molecule has 0 aromatic heterocycles. The highest BCUT2D eigenvalue weighted by atomic mass is 16.5. The summed E-state index contributed by atoms with van der Waals surface area (Å²) in [6, 6.07) is 7.21. The standard InChI is InChI=1S/C26H34N2O4/c1-27(16-25-11-17-8-18(12-25)10-19(9-17)13-25)22(29)14-26(15-23(30)28(2)24(26)31)20-4-6-21(32-3)7-5-20/h4-7,17-19H,8-16H2,1-3H3/t17?,18?,19?,25?,26-/m1/s1. The molecule has 0 unspecified atom stereocenters. The van der Waals surface area contributed by atoms with Crippen molar-refractivity contribution >= 4 is 17.7 Å². The molecule has 1 saturated heterocycles. The SMILES string of the molecule is COc1ccc([C@@]2(CC(=O)N(C)CC34CC5CC(CC(C5)C3)C4)CC(=O)N(C)C2=O)cc1. The summed E-state index contributed by atoms with van der Waals surface area (Å²) in [4.78, 5) is 42.3. The lowest BCUT2D eigenvalue weighted by Gasteiger charge is -2.57. The van der Waals surface area contributed by atoms with Gasteiger partial charge in [-0.3, -0.25) is 19.3 Å². The van der Waals surface area contributed by atoms with Crippen LogP contribution in [0.4, 0.5) is 0 Å². The maximum atomic E-state index is 13.5. The van der Waals surface area contributed by atoms with Crippen molar-refractivity contribution in [2.75, 3.05) is 27.7 Å². The minimum absolute atomic E-state index is 0.0249. The molecule has 4 saturated carbocycles. The molecule has 6 nitrogen and oxygen atoms in total. The third-order valence-electron chi connectivity index (χ3n) is 8.80. The van der Waals surface area contributed by atoms with E-state index in [1.807, 2.05) is 24.1 Å². The molecule has 5 aliphatic rings. The van der Waals surface area contributed by atoms with Gasteiger partial charge in [-0.05, 0) is 79.4 Å². The van der Waals surface area contributed by atoms with E-state index in [4.69, 9.17) is 4.74 Å². The zero-order valence-corrected chi connectivity index (χ0v) is 19.4. The molecule has 1 aromatic rings. The van der Waals surface area contributed by atoms with Crippen LogP contribution in [0.15, 0.2) is 24.3 Å². The van der Waals surface area contributed by atoms with E-state index in [1.165, 1.54) is 50.5 Å². The van der Waals surface area contributed by atoms with E-state index in [0.717, 1.165) is 24.3 Å². The Kier molecular flexibility index (Phi) is 5.10. The Morgan fingerprint density at radius 1 is 1.06 bits per heavy atom.